The van der Waals surface area contributed by atoms with Crippen molar-refractivity contribution in [3.63, 3.8) is 0 Å². The van der Waals surface area contributed by atoms with Crippen LogP contribution in [0.2, 0.25) is 0 Å². The van der Waals surface area contributed by atoms with Crippen molar-refractivity contribution in [1.29, 1.82) is 0 Å². The molecule has 220 valence electrons. The first-order valence-electron chi connectivity index (χ1n) is 13.6. The highest BCUT2D eigenvalue weighted by Gasteiger charge is 2.34. The number of nitrogens with zero attached hydrogens (tertiary/aromatic N) is 2. The molecule has 0 bridgehead atoms. The van der Waals surface area contributed by atoms with Crippen LogP contribution in [0.15, 0.2) is 45.3 Å². The molecule has 2 aromatic rings. The van der Waals surface area contributed by atoms with E-state index < -0.39 is 11.2 Å². The van der Waals surface area contributed by atoms with Crippen LogP contribution >= 0.6 is 31.9 Å². The number of carbonyl (C=O) groups excluding carboxylic acids is 2. The van der Waals surface area contributed by atoms with E-state index in [4.69, 9.17) is 20.9 Å². The van der Waals surface area contributed by atoms with Crippen molar-refractivity contribution in [3.8, 4) is 0 Å². The molecule has 8 nitrogen and oxygen atoms in total. The highest BCUT2D eigenvalue weighted by atomic mass is 79.9. The van der Waals surface area contributed by atoms with E-state index in [2.05, 4.69) is 44.0 Å². The number of nitrogens with two attached hydrogens (primary N) is 2. The Balaban J connectivity index is 0.000000220. The number of halogens is 2. The summed E-state index contributed by atoms with van der Waals surface area (Å²) in [6.07, 6.45) is 1.07. The normalized spacial score (nSPS) is 18.6. The highest BCUT2D eigenvalue weighted by Crippen LogP contribution is 2.33. The predicted octanol–water partition coefficient (Wildman–Crippen LogP) is 6.48. The third-order valence-electron chi connectivity index (χ3n) is 6.63. The molecule has 0 fully saturated rings. The number of ether oxygens (including phenoxy) is 2. The summed E-state index contributed by atoms with van der Waals surface area (Å²) in [6.45, 7) is 13.3. The third-order valence-corrected chi connectivity index (χ3v) is 7.61. The van der Waals surface area contributed by atoms with Crippen molar-refractivity contribution < 1.29 is 19.1 Å². The van der Waals surface area contributed by atoms with Crippen molar-refractivity contribution in [2.24, 2.45) is 11.5 Å². The molecule has 40 heavy (non-hydrogen) atoms. The summed E-state index contributed by atoms with van der Waals surface area (Å²) in [6, 6.07) is 12.0. The van der Waals surface area contributed by atoms with Crippen LogP contribution in [0.5, 0.6) is 0 Å². The molecule has 0 aliphatic carbocycles. The van der Waals surface area contributed by atoms with E-state index in [1.165, 1.54) is 11.1 Å². The smallest absolute Gasteiger partial charge is 0.410 e. The van der Waals surface area contributed by atoms with Crippen LogP contribution in [0.3, 0.4) is 0 Å². The molecule has 2 heterocycles. The number of hydrogen-bond acceptors (Lipinski definition) is 6. The molecule has 0 saturated carbocycles. The van der Waals surface area contributed by atoms with Crippen LogP contribution < -0.4 is 11.5 Å². The number of hydrogen-bond donors (Lipinski definition) is 2. The average Bonchev–Trinajstić information content (AvgIpc) is 2.85. The number of amides is 2. The van der Waals surface area contributed by atoms with Gasteiger partial charge in [0.05, 0.1) is 12.1 Å². The first kappa shape index (κ1) is 32.4. The van der Waals surface area contributed by atoms with Crippen LogP contribution in [0.25, 0.3) is 0 Å². The molecule has 4 N–H and O–H groups in total. The van der Waals surface area contributed by atoms with E-state index in [0.717, 1.165) is 32.9 Å². The van der Waals surface area contributed by atoms with Crippen molar-refractivity contribution >= 4 is 44.0 Å². The standard InChI is InChI=1S/2C15H21BrN2O2/c2*1-15(2,3)20-14(19)18-7-6-10-8-11(16)4-5-12(10)13(18)9-17/h2*4-5,8,13H,6-7,9,17H2,1-3H3/t2*13-/m10/s1. The van der Waals surface area contributed by atoms with E-state index in [1.54, 1.807) is 9.80 Å². The van der Waals surface area contributed by atoms with Gasteiger partial charge in [-0.1, -0.05) is 44.0 Å². The van der Waals surface area contributed by atoms with Gasteiger partial charge in [0.1, 0.15) is 11.2 Å². The van der Waals surface area contributed by atoms with E-state index in [0.29, 0.717) is 26.2 Å². The fourth-order valence-corrected chi connectivity index (χ4v) is 5.76. The van der Waals surface area contributed by atoms with Gasteiger partial charge in [-0.25, -0.2) is 9.59 Å². The zero-order valence-electron chi connectivity index (χ0n) is 24.3. The molecule has 2 amide bonds. The lowest BCUT2D eigenvalue weighted by Gasteiger charge is -2.37. The van der Waals surface area contributed by atoms with Gasteiger partial charge in [-0.2, -0.15) is 0 Å². The lowest BCUT2D eigenvalue weighted by molar-refractivity contribution is 0.0139. The number of rotatable bonds is 2. The van der Waals surface area contributed by atoms with Crippen molar-refractivity contribution in [2.75, 3.05) is 26.2 Å². The van der Waals surface area contributed by atoms with Gasteiger partial charge in [-0.15, -0.1) is 0 Å². The average molecular weight is 682 g/mol. The number of benzene rings is 2. The molecule has 10 heteroatoms. The Morgan fingerprint density at radius 1 is 0.750 bits per heavy atom. The lowest BCUT2D eigenvalue weighted by Crippen LogP contribution is -2.45. The Morgan fingerprint density at radius 2 is 1.10 bits per heavy atom. The molecule has 0 unspecified atom stereocenters. The van der Waals surface area contributed by atoms with Gasteiger partial charge in [-0.05, 0) is 101 Å². The first-order valence-corrected chi connectivity index (χ1v) is 15.2. The molecule has 2 atom stereocenters. The van der Waals surface area contributed by atoms with Crippen LogP contribution in [0.1, 0.15) is 75.9 Å². The SMILES string of the molecule is CC(C)(C)OC(=O)N1CCc2cc(Br)ccc2[C@@H]1CN.CC(C)(C)OC(=O)N1CCc2cc(Br)ccc2[C@H]1CN. The van der Waals surface area contributed by atoms with E-state index in [-0.39, 0.29) is 24.3 Å². The van der Waals surface area contributed by atoms with Crippen molar-refractivity contribution in [2.45, 2.75) is 77.7 Å². The number of fused-ring (bicyclic) bond motifs is 2. The topological polar surface area (TPSA) is 111 Å². The molecule has 0 radical (unpaired) electrons. The summed E-state index contributed by atoms with van der Waals surface area (Å²) < 4.78 is 13.0. The third kappa shape index (κ3) is 8.44. The maximum atomic E-state index is 12.3. The monoisotopic (exact) mass is 680 g/mol. The van der Waals surface area contributed by atoms with Crippen molar-refractivity contribution in [3.05, 3.63) is 67.6 Å². The lowest BCUT2D eigenvalue weighted by atomic mass is 9.93. The minimum absolute atomic E-state index is 0.110. The summed E-state index contributed by atoms with van der Waals surface area (Å²) in [5.74, 6) is 0. The second-order valence-corrected chi connectivity index (χ2v) is 13.9. The quantitative estimate of drug-likeness (QED) is 0.375. The van der Waals surface area contributed by atoms with Crippen LogP contribution in [0, 0.1) is 0 Å². The van der Waals surface area contributed by atoms with Crippen molar-refractivity contribution in [1.82, 2.24) is 9.80 Å². The molecule has 2 aliphatic heterocycles. The Morgan fingerprint density at radius 3 is 1.40 bits per heavy atom. The van der Waals surface area contributed by atoms with Crippen LogP contribution in [-0.4, -0.2) is 59.4 Å². The summed E-state index contributed by atoms with van der Waals surface area (Å²) in [5, 5.41) is 0. The van der Waals surface area contributed by atoms with E-state index in [9.17, 15) is 9.59 Å². The van der Waals surface area contributed by atoms with Gasteiger partial charge in [0.25, 0.3) is 0 Å². The molecule has 0 aromatic heterocycles. The van der Waals surface area contributed by atoms with Crippen LogP contribution in [-0.2, 0) is 22.3 Å². The zero-order chi connectivity index (χ0) is 29.8. The maximum Gasteiger partial charge on any atom is 0.410 e. The Bertz CT molecular complexity index is 1120. The fraction of sp³-hybridized carbons (Fsp3) is 0.533. The van der Waals surface area contributed by atoms with E-state index in [1.807, 2.05) is 65.8 Å². The zero-order valence-corrected chi connectivity index (χ0v) is 27.5. The predicted molar refractivity (Wildman–Crippen MR) is 165 cm³/mol. The minimum atomic E-state index is -0.490. The summed E-state index contributed by atoms with van der Waals surface area (Å²) in [7, 11) is 0. The van der Waals surface area contributed by atoms with E-state index >= 15 is 0 Å². The summed E-state index contributed by atoms with van der Waals surface area (Å²) >= 11 is 6.96. The van der Waals surface area contributed by atoms with Crippen LogP contribution in [0.4, 0.5) is 9.59 Å². The molecule has 2 aliphatic rings. The highest BCUT2D eigenvalue weighted by molar-refractivity contribution is 9.10. The minimum Gasteiger partial charge on any atom is -0.444 e. The Labute approximate surface area is 255 Å². The molecular weight excluding hydrogens is 640 g/mol. The maximum absolute atomic E-state index is 12.3. The van der Waals surface area contributed by atoms with Gasteiger partial charge >= 0.3 is 12.2 Å². The summed E-state index contributed by atoms with van der Waals surface area (Å²) in [4.78, 5) is 28.1. The van der Waals surface area contributed by atoms with Gasteiger partial charge < -0.3 is 20.9 Å². The van der Waals surface area contributed by atoms with Gasteiger partial charge in [0.2, 0.25) is 0 Å². The molecule has 4 rings (SSSR count). The molecule has 0 saturated heterocycles. The molecule has 2 aromatic carbocycles. The Hall–Kier alpha value is -2.14. The van der Waals surface area contributed by atoms with Gasteiger partial charge in [0, 0.05) is 35.1 Å². The molecule has 0 spiro atoms. The largest absolute Gasteiger partial charge is 0.444 e. The Kier molecular flexibility index (Phi) is 10.7. The summed E-state index contributed by atoms with van der Waals surface area (Å²) in [5.41, 5.74) is 15.5. The molecular formula is C30H42Br2N4O4. The fourth-order valence-electron chi connectivity index (χ4n) is 4.95. The van der Waals surface area contributed by atoms with Gasteiger partial charge in [0.15, 0.2) is 0 Å². The first-order chi connectivity index (χ1) is 18.6. The van der Waals surface area contributed by atoms with Gasteiger partial charge in [-0.3, -0.25) is 9.80 Å². The second kappa shape index (κ2) is 13.2. The second-order valence-electron chi connectivity index (χ2n) is 12.0. The number of carbonyl (C=O) groups is 2.